The van der Waals surface area contributed by atoms with E-state index < -0.39 is 0 Å². The van der Waals surface area contributed by atoms with Gasteiger partial charge in [-0.15, -0.1) is 0 Å². The summed E-state index contributed by atoms with van der Waals surface area (Å²) in [7, 11) is 0. The monoisotopic (exact) mass is 154 g/mol. The Morgan fingerprint density at radius 2 is 1.82 bits per heavy atom. The lowest BCUT2D eigenvalue weighted by Gasteiger charge is -2.18. The second-order valence-corrected chi connectivity index (χ2v) is 3.08. The average Bonchev–Trinajstić information content (AvgIpc) is 1.98. The third-order valence-corrected chi connectivity index (χ3v) is 2.14. The second kappa shape index (κ2) is 5.14. The van der Waals surface area contributed by atoms with Gasteiger partial charge in [0.15, 0.2) is 0 Å². The molecule has 0 amide bonds. The molecule has 0 aromatic heterocycles. The largest absolute Gasteiger partial charge is 0.393 e. The van der Waals surface area contributed by atoms with Crippen LogP contribution in [0.5, 0.6) is 0 Å². The van der Waals surface area contributed by atoms with E-state index in [0.717, 1.165) is 0 Å². The van der Waals surface area contributed by atoms with E-state index in [4.69, 9.17) is 0 Å². The summed E-state index contributed by atoms with van der Waals surface area (Å²) in [6.07, 6.45) is 5.50. The van der Waals surface area contributed by atoms with Crippen LogP contribution < -0.4 is 0 Å². The van der Waals surface area contributed by atoms with Gasteiger partial charge in [-0.05, 0) is 18.8 Å². The molecule has 0 aliphatic heterocycles. The van der Waals surface area contributed by atoms with E-state index in [1.807, 2.05) is 19.9 Å². The molecule has 0 rings (SSSR count). The highest BCUT2D eigenvalue weighted by atomic mass is 16.3. The highest BCUT2D eigenvalue weighted by molar-refractivity contribution is 5.00. The van der Waals surface area contributed by atoms with Gasteiger partial charge in [-0.3, -0.25) is 0 Å². The zero-order valence-electron chi connectivity index (χ0n) is 7.62. The molecular formula is C10H18O. The van der Waals surface area contributed by atoms with Crippen LogP contribution in [0.2, 0.25) is 0 Å². The van der Waals surface area contributed by atoms with Crippen molar-refractivity contribution in [3.8, 4) is 0 Å². The Morgan fingerprint density at radius 3 is 2.18 bits per heavy atom. The molecule has 1 N–H and O–H groups in total. The van der Waals surface area contributed by atoms with Crippen LogP contribution in [-0.2, 0) is 0 Å². The number of hydrogen-bond acceptors (Lipinski definition) is 1. The topological polar surface area (TPSA) is 20.2 Å². The number of rotatable bonds is 4. The van der Waals surface area contributed by atoms with Crippen LogP contribution in [0.4, 0.5) is 0 Å². The van der Waals surface area contributed by atoms with Gasteiger partial charge in [0.1, 0.15) is 0 Å². The summed E-state index contributed by atoms with van der Waals surface area (Å²) in [5.74, 6) is 0.721. The zero-order chi connectivity index (χ0) is 8.85. The maximum absolute atomic E-state index is 9.23. The minimum Gasteiger partial charge on any atom is -0.393 e. The van der Waals surface area contributed by atoms with Crippen LogP contribution in [0.3, 0.4) is 0 Å². The molecule has 0 aliphatic carbocycles. The molecule has 64 valence electrons. The maximum Gasteiger partial charge on any atom is 0.0543 e. The second-order valence-electron chi connectivity index (χ2n) is 3.08. The lowest BCUT2D eigenvalue weighted by atomic mass is 9.91. The van der Waals surface area contributed by atoms with E-state index in [9.17, 15) is 5.11 Å². The first kappa shape index (κ1) is 10.4. The predicted octanol–water partition coefficient (Wildman–Crippen LogP) is 2.38. The molecule has 0 fully saturated rings. The van der Waals surface area contributed by atoms with Crippen molar-refractivity contribution in [1.29, 1.82) is 0 Å². The minimum absolute atomic E-state index is 0.237. The van der Waals surface area contributed by atoms with Crippen molar-refractivity contribution in [2.75, 3.05) is 0 Å². The predicted molar refractivity (Wildman–Crippen MR) is 49.3 cm³/mol. The van der Waals surface area contributed by atoms with Crippen LogP contribution in [0.1, 0.15) is 20.8 Å². The van der Waals surface area contributed by atoms with Crippen molar-refractivity contribution in [1.82, 2.24) is 0 Å². The zero-order valence-corrected chi connectivity index (χ0v) is 7.62. The van der Waals surface area contributed by atoms with Crippen molar-refractivity contribution < 1.29 is 5.11 Å². The standard InChI is InChI=1S/C10H18O/c1-5-6-7-8(2)9(3)10(4)11/h5-11H,1H2,2-4H3/b7-6-. The lowest BCUT2D eigenvalue weighted by Crippen LogP contribution is -2.19. The van der Waals surface area contributed by atoms with Crippen molar-refractivity contribution in [3.63, 3.8) is 0 Å². The van der Waals surface area contributed by atoms with E-state index in [-0.39, 0.29) is 6.10 Å². The number of aliphatic hydroxyl groups excluding tert-OH is 1. The Labute approximate surface area is 69.4 Å². The molecule has 0 saturated heterocycles. The Morgan fingerprint density at radius 1 is 1.27 bits per heavy atom. The number of hydrogen-bond donors (Lipinski definition) is 1. The normalized spacial score (nSPS) is 19.6. The fraction of sp³-hybridized carbons (Fsp3) is 0.600. The molecule has 0 radical (unpaired) electrons. The number of aliphatic hydroxyl groups is 1. The van der Waals surface area contributed by atoms with Gasteiger partial charge in [-0.2, -0.15) is 0 Å². The molecule has 11 heavy (non-hydrogen) atoms. The Kier molecular flexibility index (Phi) is 4.88. The van der Waals surface area contributed by atoms with Gasteiger partial charge in [0, 0.05) is 0 Å². The number of allylic oxidation sites excluding steroid dienone is 3. The molecule has 0 aliphatic rings. The first-order chi connectivity index (χ1) is 5.09. The summed E-state index contributed by atoms with van der Waals surface area (Å²) < 4.78 is 0. The first-order valence-corrected chi connectivity index (χ1v) is 4.07. The molecule has 0 aromatic carbocycles. The third-order valence-electron chi connectivity index (χ3n) is 2.14. The fourth-order valence-corrected chi connectivity index (χ4v) is 0.868. The quantitative estimate of drug-likeness (QED) is 0.616. The van der Waals surface area contributed by atoms with E-state index >= 15 is 0 Å². The summed E-state index contributed by atoms with van der Waals surface area (Å²) >= 11 is 0. The lowest BCUT2D eigenvalue weighted by molar-refractivity contribution is 0.116. The molecule has 0 spiro atoms. The highest BCUT2D eigenvalue weighted by Gasteiger charge is 2.13. The molecular weight excluding hydrogens is 136 g/mol. The van der Waals surface area contributed by atoms with Crippen LogP contribution in [0.15, 0.2) is 24.8 Å². The Hall–Kier alpha value is -0.560. The van der Waals surface area contributed by atoms with Crippen molar-refractivity contribution >= 4 is 0 Å². The van der Waals surface area contributed by atoms with Gasteiger partial charge in [0.2, 0.25) is 0 Å². The Bertz CT molecular complexity index is 136. The van der Waals surface area contributed by atoms with Gasteiger partial charge in [0.25, 0.3) is 0 Å². The SMILES string of the molecule is C=C/C=C\C(C)C(C)C(C)O. The van der Waals surface area contributed by atoms with Crippen LogP contribution in [0.25, 0.3) is 0 Å². The molecule has 3 unspecified atom stereocenters. The molecule has 0 heterocycles. The van der Waals surface area contributed by atoms with Gasteiger partial charge in [0.05, 0.1) is 6.10 Å². The first-order valence-electron chi connectivity index (χ1n) is 4.07. The van der Waals surface area contributed by atoms with Gasteiger partial charge < -0.3 is 5.11 Å². The van der Waals surface area contributed by atoms with Gasteiger partial charge in [-0.1, -0.05) is 38.7 Å². The van der Waals surface area contributed by atoms with Crippen LogP contribution in [0, 0.1) is 11.8 Å². The summed E-state index contributed by atoms with van der Waals surface area (Å²) in [6.45, 7) is 9.55. The summed E-state index contributed by atoms with van der Waals surface area (Å²) in [6, 6.07) is 0. The van der Waals surface area contributed by atoms with E-state index in [1.165, 1.54) is 0 Å². The average molecular weight is 154 g/mol. The highest BCUT2D eigenvalue weighted by Crippen LogP contribution is 2.15. The summed E-state index contributed by atoms with van der Waals surface area (Å²) in [4.78, 5) is 0. The fourth-order valence-electron chi connectivity index (χ4n) is 0.868. The van der Waals surface area contributed by atoms with Crippen molar-refractivity contribution in [2.45, 2.75) is 26.9 Å². The molecule has 0 saturated carbocycles. The molecule has 1 nitrogen and oxygen atoms in total. The smallest absolute Gasteiger partial charge is 0.0543 e. The van der Waals surface area contributed by atoms with Crippen LogP contribution in [-0.4, -0.2) is 11.2 Å². The van der Waals surface area contributed by atoms with Crippen LogP contribution >= 0.6 is 0 Å². The molecule has 3 atom stereocenters. The Balaban J connectivity index is 3.91. The summed E-state index contributed by atoms with van der Waals surface area (Å²) in [5, 5.41) is 9.23. The van der Waals surface area contributed by atoms with E-state index in [0.29, 0.717) is 11.8 Å². The molecule has 0 aromatic rings. The maximum atomic E-state index is 9.23. The summed E-state index contributed by atoms with van der Waals surface area (Å²) in [5.41, 5.74) is 0. The molecule has 1 heteroatoms. The van der Waals surface area contributed by atoms with E-state index in [1.54, 1.807) is 6.08 Å². The van der Waals surface area contributed by atoms with Crippen molar-refractivity contribution in [3.05, 3.63) is 24.8 Å². The van der Waals surface area contributed by atoms with Gasteiger partial charge >= 0.3 is 0 Å². The van der Waals surface area contributed by atoms with Gasteiger partial charge in [-0.25, -0.2) is 0 Å². The van der Waals surface area contributed by atoms with Crippen molar-refractivity contribution in [2.24, 2.45) is 11.8 Å². The third kappa shape index (κ3) is 3.99. The minimum atomic E-state index is -0.237. The molecule has 0 bridgehead atoms. The van der Waals surface area contributed by atoms with E-state index in [2.05, 4.69) is 19.6 Å².